The lowest BCUT2D eigenvalue weighted by atomic mass is 9.89. The fourth-order valence-corrected chi connectivity index (χ4v) is 2.53. The molecule has 0 aromatic carbocycles. The number of allylic oxidation sites excluding steroid dienone is 1. The van der Waals surface area contributed by atoms with E-state index in [1.165, 1.54) is 32.1 Å². The maximum atomic E-state index is 6.08. The zero-order valence-electron chi connectivity index (χ0n) is 10.8. The van der Waals surface area contributed by atoms with E-state index in [0.29, 0.717) is 16.8 Å². The number of nitrogens with zero attached hydrogens (tertiary/aromatic N) is 2. The molecule has 0 radical (unpaired) electrons. The first kappa shape index (κ1) is 13.9. The second-order valence-electron chi connectivity index (χ2n) is 4.87. The van der Waals surface area contributed by atoms with Crippen molar-refractivity contribution in [1.82, 2.24) is 4.98 Å². The number of hydrogen-bond acceptors (Lipinski definition) is 2. The second-order valence-corrected chi connectivity index (χ2v) is 5.28. The van der Waals surface area contributed by atoms with Crippen LogP contribution in [-0.4, -0.2) is 10.9 Å². The fourth-order valence-electron chi connectivity index (χ4n) is 2.32. The monoisotopic (exact) mass is 278 g/mol. The molecule has 0 bridgehead atoms. The molecule has 0 atom stereocenters. The van der Waals surface area contributed by atoms with E-state index in [9.17, 15) is 0 Å². The molecule has 4 N–H and O–H groups in total. The Labute approximate surface area is 118 Å². The highest BCUT2D eigenvalue weighted by Gasteiger charge is 2.09. The fraction of sp³-hybridized carbons (Fsp3) is 0.429. The molecular weight excluding hydrogens is 260 g/mol. The minimum Gasteiger partial charge on any atom is -0.370 e. The van der Waals surface area contributed by atoms with Crippen LogP contribution in [0.4, 0.5) is 5.82 Å². The average Bonchev–Trinajstić information content (AvgIpc) is 2.40. The third kappa shape index (κ3) is 4.24. The molecule has 1 saturated carbocycles. The van der Waals surface area contributed by atoms with Crippen LogP contribution >= 0.6 is 11.6 Å². The SMILES string of the molecule is NC(N)=Nc1ncc(/C=C/C2CCCCC2)cc1Cl. The predicted molar refractivity (Wildman–Crippen MR) is 80.3 cm³/mol. The first-order valence-electron chi connectivity index (χ1n) is 6.58. The van der Waals surface area contributed by atoms with E-state index in [2.05, 4.69) is 22.1 Å². The molecule has 19 heavy (non-hydrogen) atoms. The molecule has 1 heterocycles. The maximum Gasteiger partial charge on any atom is 0.192 e. The van der Waals surface area contributed by atoms with Gasteiger partial charge in [-0.25, -0.2) is 4.98 Å². The van der Waals surface area contributed by atoms with Gasteiger partial charge < -0.3 is 11.5 Å². The zero-order chi connectivity index (χ0) is 13.7. The first-order valence-corrected chi connectivity index (χ1v) is 6.96. The van der Waals surface area contributed by atoms with Crippen molar-refractivity contribution in [2.75, 3.05) is 0 Å². The topological polar surface area (TPSA) is 77.3 Å². The molecule has 0 aliphatic heterocycles. The third-order valence-electron chi connectivity index (χ3n) is 3.29. The Morgan fingerprint density at radius 1 is 1.32 bits per heavy atom. The zero-order valence-corrected chi connectivity index (χ0v) is 11.6. The lowest BCUT2D eigenvalue weighted by molar-refractivity contribution is 0.420. The van der Waals surface area contributed by atoms with Crippen LogP contribution in [-0.2, 0) is 0 Å². The number of pyridine rings is 1. The molecule has 4 nitrogen and oxygen atoms in total. The normalized spacial score (nSPS) is 16.7. The minimum atomic E-state index is -0.0418. The van der Waals surface area contributed by atoms with Gasteiger partial charge >= 0.3 is 0 Å². The lowest BCUT2D eigenvalue weighted by Crippen LogP contribution is -2.22. The van der Waals surface area contributed by atoms with Gasteiger partial charge in [0, 0.05) is 6.20 Å². The largest absolute Gasteiger partial charge is 0.370 e. The predicted octanol–water partition coefficient (Wildman–Crippen LogP) is 3.23. The summed E-state index contributed by atoms with van der Waals surface area (Å²) >= 11 is 6.08. The second kappa shape index (κ2) is 6.57. The summed E-state index contributed by atoms with van der Waals surface area (Å²) in [5.41, 5.74) is 11.6. The summed E-state index contributed by atoms with van der Waals surface area (Å²) in [7, 11) is 0. The van der Waals surface area contributed by atoms with Crippen LogP contribution in [0.3, 0.4) is 0 Å². The summed E-state index contributed by atoms with van der Waals surface area (Å²) in [5, 5.41) is 0.458. The number of halogens is 1. The molecule has 1 aliphatic carbocycles. The maximum absolute atomic E-state index is 6.08. The van der Waals surface area contributed by atoms with Crippen molar-refractivity contribution in [1.29, 1.82) is 0 Å². The van der Waals surface area contributed by atoms with Crippen molar-refractivity contribution < 1.29 is 0 Å². The molecule has 0 saturated heterocycles. The quantitative estimate of drug-likeness (QED) is 0.658. The summed E-state index contributed by atoms with van der Waals surface area (Å²) < 4.78 is 0. The average molecular weight is 279 g/mol. The van der Waals surface area contributed by atoms with Gasteiger partial charge in [-0.2, -0.15) is 4.99 Å². The Balaban J connectivity index is 2.07. The Kier molecular flexibility index (Phi) is 4.80. The summed E-state index contributed by atoms with van der Waals surface area (Å²) in [6, 6.07) is 1.83. The van der Waals surface area contributed by atoms with Gasteiger partial charge in [-0.3, -0.25) is 0 Å². The van der Waals surface area contributed by atoms with Gasteiger partial charge in [0.05, 0.1) is 5.02 Å². The van der Waals surface area contributed by atoms with E-state index < -0.39 is 0 Å². The number of aromatic nitrogens is 1. The molecule has 1 aromatic rings. The van der Waals surface area contributed by atoms with Crippen LogP contribution in [0.1, 0.15) is 37.7 Å². The molecular formula is C14H19ClN4. The highest BCUT2D eigenvalue weighted by molar-refractivity contribution is 6.32. The summed E-state index contributed by atoms with van der Waals surface area (Å²) in [4.78, 5) is 8.01. The molecule has 0 unspecified atom stereocenters. The molecule has 1 fully saturated rings. The van der Waals surface area contributed by atoms with Crippen LogP contribution in [0.2, 0.25) is 5.02 Å². The van der Waals surface area contributed by atoms with Crippen molar-refractivity contribution in [3.63, 3.8) is 0 Å². The first-order chi connectivity index (χ1) is 9.15. The Morgan fingerprint density at radius 2 is 2.05 bits per heavy atom. The minimum absolute atomic E-state index is 0.0418. The van der Waals surface area contributed by atoms with Crippen LogP contribution in [0.15, 0.2) is 23.3 Å². The summed E-state index contributed by atoms with van der Waals surface area (Å²) in [6.45, 7) is 0. The van der Waals surface area contributed by atoms with Gasteiger partial charge in [0.25, 0.3) is 0 Å². The van der Waals surface area contributed by atoms with E-state index in [1.807, 2.05) is 6.07 Å². The van der Waals surface area contributed by atoms with Crippen molar-refractivity contribution >= 4 is 29.5 Å². The number of hydrogen-bond donors (Lipinski definition) is 2. The van der Waals surface area contributed by atoms with E-state index >= 15 is 0 Å². The van der Waals surface area contributed by atoms with Crippen molar-refractivity contribution in [3.8, 4) is 0 Å². The van der Waals surface area contributed by atoms with E-state index in [0.717, 1.165) is 5.56 Å². The Morgan fingerprint density at radius 3 is 2.68 bits per heavy atom. The van der Waals surface area contributed by atoms with Crippen molar-refractivity contribution in [2.45, 2.75) is 32.1 Å². The van der Waals surface area contributed by atoms with E-state index in [4.69, 9.17) is 23.1 Å². The Bertz CT molecular complexity index is 486. The van der Waals surface area contributed by atoms with Gasteiger partial charge in [-0.15, -0.1) is 0 Å². The van der Waals surface area contributed by atoms with Gasteiger partial charge in [0.1, 0.15) is 0 Å². The van der Waals surface area contributed by atoms with Crippen LogP contribution < -0.4 is 11.5 Å². The van der Waals surface area contributed by atoms with Gasteiger partial charge in [-0.05, 0) is 30.4 Å². The Hall–Kier alpha value is -1.55. The van der Waals surface area contributed by atoms with E-state index in [1.54, 1.807) is 6.20 Å². The molecule has 102 valence electrons. The summed E-state index contributed by atoms with van der Waals surface area (Å²) in [5.74, 6) is 1.00. The summed E-state index contributed by atoms with van der Waals surface area (Å²) in [6.07, 6.45) is 12.7. The third-order valence-corrected chi connectivity index (χ3v) is 3.57. The smallest absolute Gasteiger partial charge is 0.192 e. The standard InChI is InChI=1S/C14H19ClN4/c15-12-8-11(9-18-13(12)19-14(16)17)7-6-10-4-2-1-3-5-10/h6-10H,1-5H2,(H4,16,17,18,19)/b7-6+. The molecule has 2 rings (SSSR count). The highest BCUT2D eigenvalue weighted by atomic mass is 35.5. The number of rotatable bonds is 3. The molecule has 1 aliphatic rings. The van der Waals surface area contributed by atoms with Crippen LogP contribution in [0.5, 0.6) is 0 Å². The number of nitrogens with two attached hydrogens (primary N) is 2. The van der Waals surface area contributed by atoms with Crippen molar-refractivity contribution in [3.05, 3.63) is 28.9 Å². The molecule has 1 aromatic heterocycles. The molecule has 0 amide bonds. The number of guanidine groups is 1. The molecule has 0 spiro atoms. The van der Waals surface area contributed by atoms with Gasteiger partial charge in [-0.1, -0.05) is 43.0 Å². The van der Waals surface area contributed by atoms with Gasteiger partial charge in [0.2, 0.25) is 0 Å². The molecule has 5 heteroatoms. The van der Waals surface area contributed by atoms with E-state index in [-0.39, 0.29) is 5.96 Å². The van der Waals surface area contributed by atoms with Crippen molar-refractivity contribution in [2.24, 2.45) is 22.4 Å². The van der Waals surface area contributed by atoms with Crippen LogP contribution in [0.25, 0.3) is 6.08 Å². The highest BCUT2D eigenvalue weighted by Crippen LogP contribution is 2.27. The lowest BCUT2D eigenvalue weighted by Gasteiger charge is -2.17. The van der Waals surface area contributed by atoms with Gasteiger partial charge in [0.15, 0.2) is 11.8 Å². The van der Waals surface area contributed by atoms with Crippen LogP contribution in [0, 0.1) is 5.92 Å². The number of aliphatic imine (C=N–C) groups is 1.